The van der Waals surface area contributed by atoms with Crippen molar-refractivity contribution in [2.45, 2.75) is 19.8 Å². The molecular formula is C11H14OS. The quantitative estimate of drug-likeness (QED) is 0.576. The summed E-state index contributed by atoms with van der Waals surface area (Å²) in [5.41, 5.74) is 2.06. The molecular weight excluding hydrogens is 180 g/mol. The van der Waals surface area contributed by atoms with Gasteiger partial charge in [0.1, 0.15) is 0 Å². The molecule has 70 valence electrons. The number of aryl methyl sites for hydroxylation is 1. The van der Waals surface area contributed by atoms with E-state index in [1.165, 1.54) is 5.56 Å². The van der Waals surface area contributed by atoms with Crippen molar-refractivity contribution >= 4 is 18.4 Å². The number of benzene rings is 1. The van der Waals surface area contributed by atoms with E-state index in [9.17, 15) is 4.79 Å². The molecule has 0 saturated heterocycles. The van der Waals surface area contributed by atoms with Crippen molar-refractivity contribution in [3.05, 3.63) is 35.4 Å². The van der Waals surface area contributed by atoms with Gasteiger partial charge in [0.25, 0.3) is 0 Å². The Hall–Kier alpha value is -0.760. The zero-order chi connectivity index (χ0) is 9.68. The number of hydrogen-bond acceptors (Lipinski definition) is 2. The summed E-state index contributed by atoms with van der Waals surface area (Å²) in [6, 6.07) is 7.80. The number of thiol groups is 1. The first-order valence-electron chi connectivity index (χ1n) is 4.51. The van der Waals surface area contributed by atoms with Crippen LogP contribution in [0.5, 0.6) is 0 Å². The predicted molar refractivity (Wildman–Crippen MR) is 58.6 cm³/mol. The Kier molecular flexibility index (Phi) is 4.03. The van der Waals surface area contributed by atoms with Gasteiger partial charge in [-0.3, -0.25) is 4.79 Å². The number of rotatable bonds is 4. The maximum Gasteiger partial charge on any atom is 0.163 e. The minimum Gasteiger partial charge on any atom is -0.294 e. The second-order valence-corrected chi connectivity index (χ2v) is 3.39. The molecule has 0 amide bonds. The zero-order valence-corrected chi connectivity index (χ0v) is 8.68. The fraction of sp³-hybridized carbons (Fsp3) is 0.364. The van der Waals surface area contributed by atoms with E-state index in [2.05, 4.69) is 19.6 Å². The maximum atomic E-state index is 11.4. The molecule has 1 aromatic rings. The van der Waals surface area contributed by atoms with Gasteiger partial charge in [0, 0.05) is 12.0 Å². The van der Waals surface area contributed by atoms with Crippen LogP contribution < -0.4 is 0 Å². The molecule has 0 aliphatic heterocycles. The van der Waals surface area contributed by atoms with E-state index in [0.29, 0.717) is 12.2 Å². The minimum absolute atomic E-state index is 0.178. The van der Waals surface area contributed by atoms with E-state index in [1.807, 2.05) is 24.3 Å². The van der Waals surface area contributed by atoms with Crippen molar-refractivity contribution < 1.29 is 4.79 Å². The third-order valence-electron chi connectivity index (χ3n) is 2.02. The van der Waals surface area contributed by atoms with Crippen molar-refractivity contribution in [2.24, 2.45) is 0 Å². The zero-order valence-electron chi connectivity index (χ0n) is 7.79. The number of carbonyl (C=O) groups is 1. The summed E-state index contributed by atoms with van der Waals surface area (Å²) in [5, 5.41) is 0. The third kappa shape index (κ3) is 2.88. The lowest BCUT2D eigenvalue weighted by molar-refractivity contribution is 0.0989. The number of carbonyl (C=O) groups excluding carboxylic acids is 1. The minimum atomic E-state index is 0.178. The first kappa shape index (κ1) is 10.3. The van der Waals surface area contributed by atoms with Gasteiger partial charge in [0.05, 0.1) is 0 Å². The van der Waals surface area contributed by atoms with Crippen molar-refractivity contribution in [1.82, 2.24) is 0 Å². The monoisotopic (exact) mass is 194 g/mol. The molecule has 2 heteroatoms. The summed E-state index contributed by atoms with van der Waals surface area (Å²) in [6.07, 6.45) is 1.54. The van der Waals surface area contributed by atoms with Gasteiger partial charge in [0.15, 0.2) is 5.78 Å². The number of ketones is 1. The summed E-state index contributed by atoms with van der Waals surface area (Å²) in [6.45, 7) is 2.10. The van der Waals surface area contributed by atoms with Crippen LogP contribution in [0.2, 0.25) is 0 Å². The summed E-state index contributed by atoms with van der Waals surface area (Å²) in [5.74, 6) is 0.798. The second kappa shape index (κ2) is 5.07. The van der Waals surface area contributed by atoms with Crippen molar-refractivity contribution in [3.63, 3.8) is 0 Å². The van der Waals surface area contributed by atoms with Crippen molar-refractivity contribution in [1.29, 1.82) is 0 Å². The highest BCUT2D eigenvalue weighted by molar-refractivity contribution is 7.80. The van der Waals surface area contributed by atoms with Gasteiger partial charge < -0.3 is 0 Å². The van der Waals surface area contributed by atoms with E-state index >= 15 is 0 Å². The smallest absolute Gasteiger partial charge is 0.163 e. The molecule has 0 aliphatic rings. The highest BCUT2D eigenvalue weighted by Crippen LogP contribution is 2.07. The molecule has 1 rings (SSSR count). The van der Waals surface area contributed by atoms with Crippen LogP contribution in [0.15, 0.2) is 24.3 Å². The van der Waals surface area contributed by atoms with E-state index in [0.717, 1.165) is 12.0 Å². The Bertz CT molecular complexity index is 277. The van der Waals surface area contributed by atoms with Crippen molar-refractivity contribution in [2.75, 3.05) is 5.75 Å². The lowest BCUT2D eigenvalue weighted by atomic mass is 10.1. The fourth-order valence-corrected chi connectivity index (χ4v) is 1.38. The average molecular weight is 194 g/mol. The van der Waals surface area contributed by atoms with Crippen LogP contribution in [0.25, 0.3) is 0 Å². The Morgan fingerprint density at radius 1 is 1.31 bits per heavy atom. The summed E-state index contributed by atoms with van der Waals surface area (Å²) in [4.78, 5) is 11.4. The first-order chi connectivity index (χ1) is 6.27. The topological polar surface area (TPSA) is 17.1 Å². The lowest BCUT2D eigenvalue weighted by Gasteiger charge is -2.00. The summed E-state index contributed by atoms with van der Waals surface area (Å²) in [7, 11) is 0. The standard InChI is InChI=1S/C11H14OS/c1-2-9-3-5-10(6-4-9)11(12)7-8-13/h3-6,13H,2,7-8H2,1H3. The third-order valence-corrected chi connectivity index (χ3v) is 2.25. The maximum absolute atomic E-state index is 11.4. The molecule has 0 aliphatic carbocycles. The van der Waals surface area contributed by atoms with E-state index < -0.39 is 0 Å². The predicted octanol–water partition coefficient (Wildman–Crippen LogP) is 2.75. The van der Waals surface area contributed by atoms with Crippen LogP contribution in [-0.4, -0.2) is 11.5 Å². The van der Waals surface area contributed by atoms with Gasteiger partial charge in [-0.15, -0.1) is 0 Å². The summed E-state index contributed by atoms with van der Waals surface area (Å²) >= 11 is 4.03. The molecule has 0 heterocycles. The highest BCUT2D eigenvalue weighted by Gasteiger charge is 2.03. The number of Topliss-reactive ketones (excluding diaryl/α,β-unsaturated/α-hetero) is 1. The van der Waals surface area contributed by atoms with Gasteiger partial charge >= 0.3 is 0 Å². The van der Waals surface area contributed by atoms with Crippen LogP contribution in [0.3, 0.4) is 0 Å². The van der Waals surface area contributed by atoms with Gasteiger partial charge in [-0.05, 0) is 17.7 Å². The Balaban J connectivity index is 2.74. The Labute approximate surface area is 84.6 Å². The van der Waals surface area contributed by atoms with Crippen LogP contribution >= 0.6 is 12.6 Å². The van der Waals surface area contributed by atoms with E-state index in [4.69, 9.17) is 0 Å². The number of hydrogen-bond donors (Lipinski definition) is 1. The molecule has 0 unspecified atom stereocenters. The van der Waals surface area contributed by atoms with Crippen LogP contribution in [0.1, 0.15) is 29.3 Å². The van der Waals surface area contributed by atoms with E-state index in [1.54, 1.807) is 0 Å². The molecule has 1 nitrogen and oxygen atoms in total. The van der Waals surface area contributed by atoms with Gasteiger partial charge in [-0.2, -0.15) is 12.6 Å². The summed E-state index contributed by atoms with van der Waals surface area (Å²) < 4.78 is 0. The lowest BCUT2D eigenvalue weighted by Crippen LogP contribution is -1.99. The molecule has 0 N–H and O–H groups in total. The molecule has 0 bridgehead atoms. The average Bonchev–Trinajstić information content (AvgIpc) is 2.18. The molecule has 0 radical (unpaired) electrons. The molecule has 13 heavy (non-hydrogen) atoms. The molecule has 0 spiro atoms. The highest BCUT2D eigenvalue weighted by atomic mass is 32.1. The largest absolute Gasteiger partial charge is 0.294 e. The molecule has 0 saturated carbocycles. The van der Waals surface area contributed by atoms with Gasteiger partial charge in [-0.1, -0.05) is 31.2 Å². The fourth-order valence-electron chi connectivity index (χ4n) is 1.17. The molecule has 1 aromatic carbocycles. The van der Waals surface area contributed by atoms with E-state index in [-0.39, 0.29) is 5.78 Å². The molecule has 0 fully saturated rings. The Morgan fingerprint density at radius 3 is 2.38 bits per heavy atom. The molecule has 0 atom stereocenters. The van der Waals surface area contributed by atoms with Crippen LogP contribution in [-0.2, 0) is 6.42 Å². The second-order valence-electron chi connectivity index (χ2n) is 2.95. The first-order valence-corrected chi connectivity index (χ1v) is 5.14. The molecule has 0 aromatic heterocycles. The SMILES string of the molecule is CCc1ccc(C(=O)CCS)cc1. The van der Waals surface area contributed by atoms with Gasteiger partial charge in [-0.25, -0.2) is 0 Å². The van der Waals surface area contributed by atoms with Crippen molar-refractivity contribution in [3.8, 4) is 0 Å². The normalized spacial score (nSPS) is 10.0. The van der Waals surface area contributed by atoms with Crippen LogP contribution in [0, 0.1) is 0 Å². The Morgan fingerprint density at radius 2 is 1.92 bits per heavy atom. The van der Waals surface area contributed by atoms with Gasteiger partial charge in [0.2, 0.25) is 0 Å². The van der Waals surface area contributed by atoms with Crippen LogP contribution in [0.4, 0.5) is 0 Å².